The molecule has 0 heterocycles. The molecule has 5 heteroatoms. The summed E-state index contributed by atoms with van der Waals surface area (Å²) >= 11 is -1.35. The lowest BCUT2D eigenvalue weighted by molar-refractivity contribution is 0.561. The lowest BCUT2D eigenvalue weighted by Gasteiger charge is -2.17. The molecule has 0 amide bonds. The first kappa shape index (κ1) is 14.1. The topological polar surface area (TPSA) is 35.4 Å². The number of rotatable bonds is 3. The Kier molecular flexibility index (Phi) is 4.65. The summed E-state index contributed by atoms with van der Waals surface area (Å²) in [5.41, 5.74) is 0.334. The van der Waals surface area contributed by atoms with E-state index in [1.54, 1.807) is 20.8 Å². The van der Waals surface area contributed by atoms with E-state index in [0.717, 1.165) is 6.07 Å². The first-order chi connectivity index (χ1) is 7.80. The zero-order chi connectivity index (χ0) is 13.1. The molecular formula is C12H15F2NOS. The summed E-state index contributed by atoms with van der Waals surface area (Å²) in [5.74, 6) is -1.22. The first-order valence-corrected chi connectivity index (χ1v) is 6.30. The average Bonchev–Trinajstić information content (AvgIpc) is 2.19. The molecule has 0 aromatic heterocycles. The second kappa shape index (κ2) is 5.60. The van der Waals surface area contributed by atoms with Crippen LogP contribution in [0.15, 0.2) is 22.6 Å². The second-order valence-electron chi connectivity index (χ2n) is 4.59. The van der Waals surface area contributed by atoms with Crippen molar-refractivity contribution in [2.75, 3.05) is 0 Å². The molecule has 0 saturated carbocycles. The molecule has 1 atom stereocenters. The smallest absolute Gasteiger partial charge is 0.144 e. The molecule has 0 radical (unpaired) electrons. The molecule has 1 rings (SSSR count). The highest BCUT2D eigenvalue weighted by Gasteiger charge is 2.25. The van der Waals surface area contributed by atoms with Gasteiger partial charge in [-0.25, -0.2) is 8.78 Å². The maximum Gasteiger partial charge on any atom is 0.144 e. The van der Waals surface area contributed by atoms with E-state index in [0.29, 0.717) is 5.56 Å². The van der Waals surface area contributed by atoms with Crippen molar-refractivity contribution in [1.29, 1.82) is 0 Å². The molecule has 0 saturated heterocycles. The first-order valence-electron chi connectivity index (χ1n) is 5.19. The van der Waals surface area contributed by atoms with E-state index in [1.165, 1.54) is 18.3 Å². The van der Waals surface area contributed by atoms with Crippen molar-refractivity contribution in [3.8, 4) is 0 Å². The molecule has 0 N–H and O–H groups in total. The van der Waals surface area contributed by atoms with Gasteiger partial charge in [-0.15, -0.1) is 0 Å². The van der Waals surface area contributed by atoms with Crippen LogP contribution in [0.2, 0.25) is 0 Å². The van der Waals surface area contributed by atoms with Gasteiger partial charge in [0.05, 0.1) is 6.21 Å². The molecule has 0 aliphatic rings. The normalized spacial score (nSPS) is 14.2. The summed E-state index contributed by atoms with van der Waals surface area (Å²) in [5, 5.41) is 0. The van der Waals surface area contributed by atoms with Crippen LogP contribution < -0.4 is 0 Å². The van der Waals surface area contributed by atoms with Gasteiger partial charge in [0.2, 0.25) is 0 Å². The number of hydrogen-bond donors (Lipinski definition) is 0. The number of benzene rings is 1. The van der Waals surface area contributed by atoms with Crippen LogP contribution in [0.1, 0.15) is 26.3 Å². The van der Waals surface area contributed by atoms with Crippen LogP contribution in [-0.2, 0) is 17.8 Å². The standard InChI is InChI=1S/C12H15F2NOS/c1-12(2,3)17(16)15-7-6-9-4-5-10(13)8-11(9)14/h4-5,7-8H,6H2,1-3H3/b15-7+. The van der Waals surface area contributed by atoms with E-state index in [1.807, 2.05) is 0 Å². The van der Waals surface area contributed by atoms with Gasteiger partial charge in [-0.3, -0.25) is 0 Å². The van der Waals surface area contributed by atoms with Gasteiger partial charge in [0, 0.05) is 12.5 Å². The Bertz CT molecular complexity index is 415. The van der Waals surface area contributed by atoms with Gasteiger partial charge in [0.15, 0.2) is 0 Å². The van der Waals surface area contributed by atoms with Crippen molar-refractivity contribution in [2.45, 2.75) is 31.9 Å². The van der Waals surface area contributed by atoms with E-state index in [9.17, 15) is 13.3 Å². The Balaban J connectivity index is 2.65. The summed E-state index contributed by atoms with van der Waals surface area (Å²) < 4.78 is 40.8. The van der Waals surface area contributed by atoms with Crippen molar-refractivity contribution in [3.05, 3.63) is 35.4 Å². The van der Waals surface area contributed by atoms with E-state index >= 15 is 0 Å². The van der Waals surface area contributed by atoms with E-state index in [4.69, 9.17) is 0 Å². The van der Waals surface area contributed by atoms with Crippen LogP contribution in [0.4, 0.5) is 8.78 Å². The second-order valence-corrected chi connectivity index (χ2v) is 6.52. The molecule has 2 nitrogen and oxygen atoms in total. The number of hydrogen-bond acceptors (Lipinski definition) is 2. The molecule has 0 bridgehead atoms. The molecule has 0 aliphatic heterocycles. The molecule has 1 aromatic rings. The third kappa shape index (κ3) is 4.44. The maximum atomic E-state index is 13.2. The van der Waals surface area contributed by atoms with Crippen LogP contribution in [-0.4, -0.2) is 15.5 Å². The van der Waals surface area contributed by atoms with E-state index in [2.05, 4.69) is 4.40 Å². The van der Waals surface area contributed by atoms with Crippen molar-refractivity contribution >= 4 is 17.6 Å². The predicted octanol–water partition coefficient (Wildman–Crippen LogP) is 3.04. The Morgan fingerprint density at radius 1 is 1.35 bits per heavy atom. The lowest BCUT2D eigenvalue weighted by atomic mass is 10.1. The summed E-state index contributed by atoms with van der Waals surface area (Å²) in [7, 11) is 0. The zero-order valence-corrected chi connectivity index (χ0v) is 10.9. The molecule has 17 heavy (non-hydrogen) atoms. The SMILES string of the molecule is CC(C)(C)[S+]([O-])/N=C/Cc1ccc(F)cc1F. The molecular weight excluding hydrogens is 244 g/mol. The monoisotopic (exact) mass is 259 g/mol. The molecule has 94 valence electrons. The van der Waals surface area contributed by atoms with Crippen LogP contribution in [0.25, 0.3) is 0 Å². The van der Waals surface area contributed by atoms with Gasteiger partial charge in [0.1, 0.15) is 27.7 Å². The largest absolute Gasteiger partial charge is 0.591 e. The molecule has 0 fully saturated rings. The van der Waals surface area contributed by atoms with Crippen molar-refractivity contribution in [3.63, 3.8) is 0 Å². The maximum absolute atomic E-state index is 13.2. The van der Waals surface area contributed by atoms with Crippen LogP contribution in [0.3, 0.4) is 0 Å². The zero-order valence-electron chi connectivity index (χ0n) is 10.0. The minimum atomic E-state index is -1.35. The predicted molar refractivity (Wildman–Crippen MR) is 66.4 cm³/mol. The quantitative estimate of drug-likeness (QED) is 0.607. The Hall–Kier alpha value is -0.940. The third-order valence-electron chi connectivity index (χ3n) is 2.02. The lowest BCUT2D eigenvalue weighted by Crippen LogP contribution is -2.25. The van der Waals surface area contributed by atoms with Crippen molar-refractivity contribution in [2.24, 2.45) is 4.40 Å². The highest BCUT2D eigenvalue weighted by molar-refractivity contribution is 7.91. The highest BCUT2D eigenvalue weighted by Crippen LogP contribution is 2.16. The minimum Gasteiger partial charge on any atom is -0.591 e. The fraction of sp³-hybridized carbons (Fsp3) is 0.417. The number of nitrogens with zero attached hydrogens (tertiary/aromatic N) is 1. The molecule has 1 aromatic carbocycles. The minimum absolute atomic E-state index is 0.202. The fourth-order valence-electron chi connectivity index (χ4n) is 1.05. The summed E-state index contributed by atoms with van der Waals surface area (Å²) in [4.78, 5) is 0. The number of halogens is 2. The fourth-order valence-corrected chi connectivity index (χ4v) is 1.57. The van der Waals surface area contributed by atoms with E-state index < -0.39 is 27.7 Å². The molecule has 0 spiro atoms. The van der Waals surface area contributed by atoms with Gasteiger partial charge >= 0.3 is 0 Å². The van der Waals surface area contributed by atoms with Gasteiger partial charge in [0.25, 0.3) is 0 Å². The Morgan fingerprint density at radius 3 is 2.53 bits per heavy atom. The van der Waals surface area contributed by atoms with Gasteiger partial charge in [-0.05, 0) is 32.4 Å². The molecule has 0 aliphatic carbocycles. The molecule has 1 unspecified atom stereocenters. The summed E-state index contributed by atoms with van der Waals surface area (Å²) in [6, 6.07) is 3.37. The van der Waals surface area contributed by atoms with E-state index in [-0.39, 0.29) is 6.42 Å². The third-order valence-corrected chi connectivity index (χ3v) is 3.41. The van der Waals surface area contributed by atoms with Crippen LogP contribution in [0, 0.1) is 11.6 Å². The highest BCUT2D eigenvalue weighted by atomic mass is 32.2. The average molecular weight is 259 g/mol. The van der Waals surface area contributed by atoms with Crippen molar-refractivity contribution in [1.82, 2.24) is 0 Å². The summed E-state index contributed by atoms with van der Waals surface area (Å²) in [6.45, 7) is 5.41. The Morgan fingerprint density at radius 2 is 2.00 bits per heavy atom. The van der Waals surface area contributed by atoms with Crippen LogP contribution in [0.5, 0.6) is 0 Å². The van der Waals surface area contributed by atoms with Crippen LogP contribution >= 0.6 is 0 Å². The van der Waals surface area contributed by atoms with Gasteiger partial charge in [-0.2, -0.15) is 0 Å². The van der Waals surface area contributed by atoms with Gasteiger partial charge in [-0.1, -0.05) is 10.5 Å². The Labute approximate surface area is 103 Å². The van der Waals surface area contributed by atoms with Crippen molar-refractivity contribution < 1.29 is 13.3 Å². The summed E-state index contributed by atoms with van der Waals surface area (Å²) in [6.07, 6.45) is 1.60. The van der Waals surface area contributed by atoms with Gasteiger partial charge < -0.3 is 4.55 Å².